The predicted molar refractivity (Wildman–Crippen MR) is 117 cm³/mol. The number of nitriles is 1. The first-order valence-corrected chi connectivity index (χ1v) is 10.3. The van der Waals surface area contributed by atoms with E-state index in [-0.39, 0.29) is 22.3 Å². The summed E-state index contributed by atoms with van der Waals surface area (Å²) in [5.74, 6) is 1.05. The molecular formula is C22H18ClN7O. The van der Waals surface area contributed by atoms with Crippen LogP contribution in [0, 0.1) is 18.3 Å². The van der Waals surface area contributed by atoms with Crippen LogP contribution in [-0.2, 0) is 0 Å². The van der Waals surface area contributed by atoms with Crippen LogP contribution < -0.4 is 10.5 Å². The van der Waals surface area contributed by atoms with E-state index in [1.165, 1.54) is 6.33 Å². The largest absolute Gasteiger partial charge is 0.345 e. The fourth-order valence-electron chi connectivity index (χ4n) is 4.23. The van der Waals surface area contributed by atoms with Crippen LogP contribution in [0.2, 0.25) is 5.15 Å². The molecule has 3 aromatic heterocycles. The minimum atomic E-state index is -0.252. The van der Waals surface area contributed by atoms with Crippen molar-refractivity contribution in [1.82, 2.24) is 24.1 Å². The molecule has 0 saturated carbocycles. The second-order valence-electron chi connectivity index (χ2n) is 7.45. The number of benzene rings is 1. The third-order valence-electron chi connectivity index (χ3n) is 5.64. The minimum absolute atomic E-state index is 0.114. The van der Waals surface area contributed by atoms with E-state index in [2.05, 4.69) is 16.0 Å². The Hall–Kier alpha value is -3.70. The summed E-state index contributed by atoms with van der Waals surface area (Å²) in [6, 6.07) is 13.2. The Labute approximate surface area is 183 Å². The quantitative estimate of drug-likeness (QED) is 0.461. The van der Waals surface area contributed by atoms with Crippen LogP contribution in [-0.4, -0.2) is 30.7 Å². The summed E-state index contributed by atoms with van der Waals surface area (Å²) < 4.78 is 3.31. The summed E-state index contributed by atoms with van der Waals surface area (Å²) in [5, 5.41) is 14.6. The Morgan fingerprint density at radius 1 is 1.19 bits per heavy atom. The van der Waals surface area contributed by atoms with Crippen molar-refractivity contribution < 1.29 is 0 Å². The van der Waals surface area contributed by atoms with E-state index in [1.807, 2.05) is 48.2 Å². The molecule has 4 heterocycles. The summed E-state index contributed by atoms with van der Waals surface area (Å²) in [5.41, 5.74) is 2.24. The molecule has 0 radical (unpaired) electrons. The molecule has 9 heteroatoms. The third-order valence-corrected chi connectivity index (χ3v) is 5.93. The van der Waals surface area contributed by atoms with Gasteiger partial charge >= 0.3 is 0 Å². The topological polar surface area (TPSA) is 92.1 Å². The van der Waals surface area contributed by atoms with Gasteiger partial charge in [0.15, 0.2) is 16.8 Å². The van der Waals surface area contributed by atoms with Gasteiger partial charge in [0, 0.05) is 12.7 Å². The lowest BCUT2D eigenvalue weighted by atomic mass is 10.1. The zero-order valence-corrected chi connectivity index (χ0v) is 17.5. The summed E-state index contributed by atoms with van der Waals surface area (Å²) in [7, 11) is 0. The lowest BCUT2D eigenvalue weighted by molar-refractivity contribution is 0.600. The van der Waals surface area contributed by atoms with Crippen LogP contribution in [0.25, 0.3) is 11.2 Å². The molecule has 1 aliphatic heterocycles. The van der Waals surface area contributed by atoms with Crippen molar-refractivity contribution in [2.24, 2.45) is 0 Å². The molecule has 8 nitrogen and oxygen atoms in total. The number of nitrogens with zero attached hydrogens (tertiary/aromatic N) is 7. The van der Waals surface area contributed by atoms with Crippen LogP contribution in [0.5, 0.6) is 0 Å². The van der Waals surface area contributed by atoms with Crippen LogP contribution in [0.1, 0.15) is 35.8 Å². The van der Waals surface area contributed by atoms with Gasteiger partial charge in [-0.25, -0.2) is 14.5 Å². The molecule has 1 aromatic carbocycles. The summed E-state index contributed by atoms with van der Waals surface area (Å²) in [6.45, 7) is 2.57. The molecule has 154 valence electrons. The molecule has 1 fully saturated rings. The van der Waals surface area contributed by atoms with Gasteiger partial charge in [0.25, 0.3) is 5.56 Å². The van der Waals surface area contributed by atoms with Gasteiger partial charge in [0.1, 0.15) is 23.5 Å². The van der Waals surface area contributed by atoms with Crippen LogP contribution in [0.3, 0.4) is 0 Å². The van der Waals surface area contributed by atoms with Crippen molar-refractivity contribution in [2.45, 2.75) is 25.8 Å². The van der Waals surface area contributed by atoms with Crippen molar-refractivity contribution in [3.8, 4) is 11.8 Å². The second kappa shape index (κ2) is 7.52. The lowest BCUT2D eigenvalue weighted by Crippen LogP contribution is -2.33. The molecule has 0 N–H and O–H groups in total. The predicted octanol–water partition coefficient (Wildman–Crippen LogP) is 3.45. The van der Waals surface area contributed by atoms with E-state index in [4.69, 9.17) is 16.7 Å². The molecule has 0 unspecified atom stereocenters. The van der Waals surface area contributed by atoms with E-state index in [9.17, 15) is 10.1 Å². The van der Waals surface area contributed by atoms with Crippen molar-refractivity contribution in [1.29, 1.82) is 5.26 Å². The van der Waals surface area contributed by atoms with E-state index in [1.54, 1.807) is 15.3 Å². The number of hydrogen-bond acceptors (Lipinski definition) is 6. The van der Waals surface area contributed by atoms with Crippen LogP contribution in [0.15, 0.2) is 53.7 Å². The number of aryl methyl sites for hydroxylation is 1. The van der Waals surface area contributed by atoms with Gasteiger partial charge in [0.2, 0.25) is 0 Å². The number of halogens is 1. The first-order valence-electron chi connectivity index (χ1n) is 9.93. The summed E-state index contributed by atoms with van der Waals surface area (Å²) >= 11 is 6.16. The first-order chi connectivity index (χ1) is 15.1. The molecule has 1 atom stereocenters. The van der Waals surface area contributed by atoms with Crippen molar-refractivity contribution >= 4 is 22.9 Å². The van der Waals surface area contributed by atoms with E-state index >= 15 is 0 Å². The highest BCUT2D eigenvalue weighted by Crippen LogP contribution is 2.37. The number of aromatic nitrogens is 5. The molecule has 5 rings (SSSR count). The normalized spacial score (nSPS) is 16.0. The van der Waals surface area contributed by atoms with Crippen LogP contribution >= 0.6 is 11.6 Å². The van der Waals surface area contributed by atoms with Crippen LogP contribution in [0.4, 0.5) is 5.82 Å². The smallest absolute Gasteiger partial charge is 0.282 e. The highest BCUT2D eigenvalue weighted by atomic mass is 35.5. The number of hydrogen-bond donors (Lipinski definition) is 0. The Bertz CT molecular complexity index is 1390. The maximum absolute atomic E-state index is 13.6. The SMILES string of the molecule is Cc1ccn2nc([C@@H]3CCCN3c3ncnc(Cl)c3C#N)n(-c3ccccc3)c(=O)c12. The van der Waals surface area contributed by atoms with Crippen molar-refractivity contribution in [2.75, 3.05) is 11.4 Å². The van der Waals surface area contributed by atoms with Crippen molar-refractivity contribution in [3.63, 3.8) is 0 Å². The van der Waals surface area contributed by atoms with Gasteiger partial charge in [-0.15, -0.1) is 0 Å². The Balaban J connectivity index is 1.76. The standard InChI is InChI=1S/C22H18ClN7O/c1-14-9-11-29-18(14)22(31)30(15-6-3-2-4-7-15)21(27-29)17-8-5-10-28(17)20-16(12-24)19(23)25-13-26-20/h2-4,6-7,9,11,13,17H,5,8,10H2,1H3/t17-/m0/s1. The van der Waals surface area contributed by atoms with Gasteiger partial charge < -0.3 is 4.90 Å². The molecular weight excluding hydrogens is 414 g/mol. The number of fused-ring (bicyclic) bond motifs is 1. The Morgan fingerprint density at radius 3 is 2.77 bits per heavy atom. The van der Waals surface area contributed by atoms with Gasteiger partial charge in [-0.3, -0.25) is 9.36 Å². The minimum Gasteiger partial charge on any atom is -0.345 e. The average Bonchev–Trinajstić information content (AvgIpc) is 3.41. The molecule has 0 amide bonds. The first kappa shape index (κ1) is 19.3. The van der Waals surface area contributed by atoms with Crippen molar-refractivity contribution in [3.05, 3.63) is 81.4 Å². The Morgan fingerprint density at radius 2 is 2.00 bits per heavy atom. The molecule has 0 spiro atoms. The molecule has 31 heavy (non-hydrogen) atoms. The second-order valence-corrected chi connectivity index (χ2v) is 7.81. The molecule has 0 aliphatic carbocycles. The van der Waals surface area contributed by atoms with Gasteiger partial charge in [-0.2, -0.15) is 10.4 Å². The number of anilines is 1. The van der Waals surface area contributed by atoms with Gasteiger partial charge in [-0.05, 0) is 43.5 Å². The maximum atomic E-state index is 13.6. The lowest BCUT2D eigenvalue weighted by Gasteiger charge is -2.27. The summed E-state index contributed by atoms with van der Waals surface area (Å²) in [4.78, 5) is 23.9. The average molecular weight is 432 g/mol. The fourth-order valence-corrected chi connectivity index (χ4v) is 4.40. The highest BCUT2D eigenvalue weighted by Gasteiger charge is 2.34. The molecule has 0 bridgehead atoms. The zero-order valence-electron chi connectivity index (χ0n) is 16.7. The fraction of sp³-hybridized carbons (Fsp3) is 0.227. The van der Waals surface area contributed by atoms with Gasteiger partial charge in [0.05, 0.1) is 11.7 Å². The molecule has 4 aromatic rings. The van der Waals surface area contributed by atoms with E-state index in [0.29, 0.717) is 23.7 Å². The Kier molecular flexibility index (Phi) is 4.68. The molecule has 1 saturated heterocycles. The number of rotatable bonds is 3. The highest BCUT2D eigenvalue weighted by molar-refractivity contribution is 6.30. The zero-order chi connectivity index (χ0) is 21.5. The number of para-hydroxylation sites is 1. The molecule has 1 aliphatic rings. The third kappa shape index (κ3) is 3.05. The van der Waals surface area contributed by atoms with E-state index < -0.39 is 0 Å². The summed E-state index contributed by atoms with van der Waals surface area (Å²) in [6.07, 6.45) is 4.78. The maximum Gasteiger partial charge on any atom is 0.282 e. The van der Waals surface area contributed by atoms with E-state index in [0.717, 1.165) is 24.1 Å². The van der Waals surface area contributed by atoms with Gasteiger partial charge in [-0.1, -0.05) is 29.8 Å². The monoisotopic (exact) mass is 431 g/mol.